The monoisotopic (exact) mass is 382 g/mol. The predicted octanol–water partition coefficient (Wildman–Crippen LogP) is 2.84. The van der Waals surface area contributed by atoms with Gasteiger partial charge >= 0.3 is 6.18 Å². The van der Waals surface area contributed by atoms with Crippen LogP contribution in [0.15, 0.2) is 18.5 Å². The van der Waals surface area contributed by atoms with Crippen molar-refractivity contribution in [2.45, 2.75) is 51.6 Å². The van der Waals surface area contributed by atoms with Gasteiger partial charge in [0.15, 0.2) is 5.82 Å². The number of aliphatic hydroxyl groups is 2. The standard InChI is InChI=1S/C18H21F3N4O2/c1-10-5-7-22-14(24-10)13-11(2)12(16(3,4)26)9-23-15(13)25-8-6-17(25,27)18(19,20)21/h5,7,9,26-27H,6,8H2,1-4H3. The minimum absolute atomic E-state index is 0.0108. The second kappa shape index (κ2) is 6.13. The number of hydrogen-bond donors (Lipinski definition) is 2. The summed E-state index contributed by atoms with van der Waals surface area (Å²) in [5.41, 5.74) is -2.39. The molecule has 3 rings (SSSR count). The number of aromatic nitrogens is 3. The Balaban J connectivity index is 2.25. The van der Waals surface area contributed by atoms with Crippen molar-refractivity contribution in [3.05, 3.63) is 35.3 Å². The molecule has 0 amide bonds. The van der Waals surface area contributed by atoms with Crippen LogP contribution in [0.3, 0.4) is 0 Å². The third-order valence-corrected chi connectivity index (χ3v) is 4.84. The molecule has 0 spiro atoms. The smallest absolute Gasteiger partial charge is 0.386 e. The zero-order valence-electron chi connectivity index (χ0n) is 15.5. The van der Waals surface area contributed by atoms with Gasteiger partial charge in [-0.05, 0) is 39.3 Å². The van der Waals surface area contributed by atoms with E-state index in [1.807, 2.05) is 0 Å². The van der Waals surface area contributed by atoms with Crippen LogP contribution in [0, 0.1) is 13.8 Å². The number of rotatable bonds is 3. The lowest BCUT2D eigenvalue weighted by molar-refractivity contribution is -0.279. The van der Waals surface area contributed by atoms with E-state index < -0.39 is 23.9 Å². The van der Waals surface area contributed by atoms with Crippen LogP contribution in [0.5, 0.6) is 0 Å². The van der Waals surface area contributed by atoms with Crippen molar-refractivity contribution in [2.75, 3.05) is 11.4 Å². The normalized spacial score (nSPS) is 20.6. The molecular weight excluding hydrogens is 361 g/mol. The van der Waals surface area contributed by atoms with Crippen LogP contribution < -0.4 is 4.90 Å². The first-order valence-corrected chi connectivity index (χ1v) is 8.45. The van der Waals surface area contributed by atoms with Gasteiger partial charge in [-0.1, -0.05) is 0 Å². The molecule has 6 nitrogen and oxygen atoms in total. The van der Waals surface area contributed by atoms with Crippen molar-refractivity contribution in [2.24, 2.45) is 0 Å². The first-order valence-electron chi connectivity index (χ1n) is 8.45. The SMILES string of the molecule is Cc1ccnc(-c2c(N3CCC3(O)C(F)(F)F)ncc(C(C)(C)O)c2C)n1. The molecule has 3 heterocycles. The molecule has 0 aliphatic carbocycles. The quantitative estimate of drug-likeness (QED) is 0.850. The van der Waals surface area contributed by atoms with Gasteiger partial charge in [0.05, 0.1) is 11.2 Å². The highest BCUT2D eigenvalue weighted by Crippen LogP contribution is 2.47. The van der Waals surface area contributed by atoms with Gasteiger partial charge in [0.1, 0.15) is 5.82 Å². The highest BCUT2D eigenvalue weighted by Gasteiger charge is 2.63. The van der Waals surface area contributed by atoms with Crippen LogP contribution in [0.25, 0.3) is 11.4 Å². The zero-order valence-corrected chi connectivity index (χ0v) is 15.5. The fourth-order valence-corrected chi connectivity index (χ4v) is 3.26. The molecule has 0 aromatic carbocycles. The minimum Gasteiger partial charge on any atom is -0.386 e. The third-order valence-electron chi connectivity index (χ3n) is 4.84. The third kappa shape index (κ3) is 3.14. The van der Waals surface area contributed by atoms with Gasteiger partial charge in [-0.15, -0.1) is 0 Å². The average Bonchev–Trinajstić information content (AvgIpc) is 2.51. The van der Waals surface area contributed by atoms with Crippen molar-refractivity contribution >= 4 is 5.82 Å². The molecule has 27 heavy (non-hydrogen) atoms. The van der Waals surface area contributed by atoms with E-state index in [2.05, 4.69) is 15.0 Å². The molecule has 2 aromatic rings. The van der Waals surface area contributed by atoms with E-state index in [-0.39, 0.29) is 23.8 Å². The summed E-state index contributed by atoms with van der Waals surface area (Å²) in [6, 6.07) is 1.67. The van der Waals surface area contributed by atoms with Crippen LogP contribution >= 0.6 is 0 Å². The summed E-state index contributed by atoms with van der Waals surface area (Å²) in [5, 5.41) is 20.6. The van der Waals surface area contributed by atoms with Crippen LogP contribution in [0.4, 0.5) is 19.0 Å². The maximum atomic E-state index is 13.4. The van der Waals surface area contributed by atoms with E-state index >= 15 is 0 Å². The van der Waals surface area contributed by atoms with Gasteiger partial charge in [-0.3, -0.25) is 0 Å². The number of anilines is 1. The molecule has 0 saturated carbocycles. The van der Waals surface area contributed by atoms with Gasteiger partial charge in [0.25, 0.3) is 0 Å². The molecular formula is C18H21F3N4O2. The van der Waals surface area contributed by atoms with Gasteiger partial charge in [0, 0.05) is 36.6 Å². The molecule has 2 aromatic heterocycles. The molecule has 146 valence electrons. The fourth-order valence-electron chi connectivity index (χ4n) is 3.26. The number of halogens is 3. The van der Waals surface area contributed by atoms with Crippen molar-refractivity contribution in [1.29, 1.82) is 0 Å². The topological polar surface area (TPSA) is 82.4 Å². The molecule has 1 aliphatic rings. The highest BCUT2D eigenvalue weighted by molar-refractivity contribution is 5.77. The van der Waals surface area contributed by atoms with Gasteiger partial charge in [-0.25, -0.2) is 15.0 Å². The Hall–Kier alpha value is -2.26. The largest absolute Gasteiger partial charge is 0.436 e. The molecule has 1 aliphatic heterocycles. The number of aryl methyl sites for hydroxylation is 1. The van der Waals surface area contributed by atoms with Gasteiger partial charge in [-0.2, -0.15) is 13.2 Å². The van der Waals surface area contributed by atoms with Gasteiger partial charge in [0.2, 0.25) is 5.72 Å². The van der Waals surface area contributed by atoms with Crippen molar-refractivity contribution in [3.63, 3.8) is 0 Å². The Labute approximate surface area is 154 Å². The van der Waals surface area contributed by atoms with Crippen LogP contribution in [-0.4, -0.2) is 43.6 Å². The average molecular weight is 382 g/mol. The Morgan fingerprint density at radius 1 is 1.19 bits per heavy atom. The molecule has 0 bridgehead atoms. The number of alkyl halides is 3. The van der Waals surface area contributed by atoms with Crippen LogP contribution in [0.1, 0.15) is 37.1 Å². The predicted molar refractivity (Wildman–Crippen MR) is 92.9 cm³/mol. The maximum absolute atomic E-state index is 13.4. The Kier molecular flexibility index (Phi) is 4.43. The summed E-state index contributed by atoms with van der Waals surface area (Å²) >= 11 is 0. The first-order chi connectivity index (χ1) is 12.4. The first kappa shape index (κ1) is 19.5. The van der Waals surface area contributed by atoms with E-state index in [9.17, 15) is 23.4 Å². The lowest BCUT2D eigenvalue weighted by atomic mass is 9.90. The minimum atomic E-state index is -4.83. The molecule has 1 atom stereocenters. The van der Waals surface area contributed by atoms with Gasteiger partial charge < -0.3 is 15.1 Å². The van der Waals surface area contributed by atoms with E-state index in [4.69, 9.17) is 0 Å². The molecule has 1 fully saturated rings. The fraction of sp³-hybridized carbons (Fsp3) is 0.500. The van der Waals surface area contributed by atoms with Crippen molar-refractivity contribution in [1.82, 2.24) is 15.0 Å². The Bertz CT molecular complexity index is 880. The second-order valence-corrected chi connectivity index (χ2v) is 7.29. The summed E-state index contributed by atoms with van der Waals surface area (Å²) in [6.07, 6.45) is -2.44. The maximum Gasteiger partial charge on any atom is 0.436 e. The van der Waals surface area contributed by atoms with E-state index in [0.29, 0.717) is 16.8 Å². The summed E-state index contributed by atoms with van der Waals surface area (Å²) in [6.45, 7) is 6.53. The van der Waals surface area contributed by atoms with Crippen LogP contribution in [0.2, 0.25) is 0 Å². The summed E-state index contributed by atoms with van der Waals surface area (Å²) in [4.78, 5) is 13.5. The van der Waals surface area contributed by atoms with E-state index in [1.165, 1.54) is 12.4 Å². The van der Waals surface area contributed by atoms with Crippen LogP contribution in [-0.2, 0) is 5.60 Å². The number of pyridine rings is 1. The lowest BCUT2D eigenvalue weighted by Crippen LogP contribution is -2.68. The zero-order chi connectivity index (χ0) is 20.2. The molecule has 0 radical (unpaired) electrons. The molecule has 1 saturated heterocycles. The van der Waals surface area contributed by atoms with Crippen molar-refractivity contribution in [3.8, 4) is 11.4 Å². The lowest BCUT2D eigenvalue weighted by Gasteiger charge is -2.50. The molecule has 1 unspecified atom stereocenters. The van der Waals surface area contributed by atoms with E-state index in [1.54, 1.807) is 33.8 Å². The van der Waals surface area contributed by atoms with Crippen molar-refractivity contribution < 1.29 is 23.4 Å². The Morgan fingerprint density at radius 2 is 1.85 bits per heavy atom. The highest BCUT2D eigenvalue weighted by atomic mass is 19.4. The summed E-state index contributed by atoms with van der Waals surface area (Å²) in [7, 11) is 0. The van der Waals surface area contributed by atoms with E-state index in [0.717, 1.165) is 4.90 Å². The second-order valence-electron chi connectivity index (χ2n) is 7.29. The number of hydrogen-bond acceptors (Lipinski definition) is 6. The summed E-state index contributed by atoms with van der Waals surface area (Å²) < 4.78 is 40.2. The molecule has 9 heteroatoms. The number of nitrogens with zero attached hydrogens (tertiary/aromatic N) is 4. The molecule has 2 N–H and O–H groups in total. The summed E-state index contributed by atoms with van der Waals surface area (Å²) in [5.74, 6) is 0.134. The Morgan fingerprint density at radius 3 is 2.33 bits per heavy atom.